The number of methoxy groups -OCH3 is 1. The third-order valence-corrected chi connectivity index (χ3v) is 5.73. The summed E-state index contributed by atoms with van der Waals surface area (Å²) in [6.07, 6.45) is -2.68. The summed E-state index contributed by atoms with van der Waals surface area (Å²) >= 11 is 0. The summed E-state index contributed by atoms with van der Waals surface area (Å²) in [6.45, 7) is 2.04. The van der Waals surface area contributed by atoms with Gasteiger partial charge in [0.05, 0.1) is 12.3 Å². The smallest absolute Gasteiger partial charge is 0.453 e. The van der Waals surface area contributed by atoms with Crippen molar-refractivity contribution in [2.75, 3.05) is 26.9 Å². The molecule has 8 nitrogen and oxygen atoms in total. The van der Waals surface area contributed by atoms with E-state index in [-0.39, 0.29) is 17.8 Å². The number of hydrogen-bond donors (Lipinski definition) is 2. The molecule has 0 spiro atoms. The van der Waals surface area contributed by atoms with Crippen molar-refractivity contribution in [3.05, 3.63) is 65.5 Å². The predicted molar refractivity (Wildman–Crippen MR) is 119 cm³/mol. The van der Waals surface area contributed by atoms with E-state index in [1.807, 2.05) is 18.2 Å². The highest BCUT2D eigenvalue weighted by atomic mass is 19.4. The van der Waals surface area contributed by atoms with Crippen LogP contribution in [0, 0.1) is 0 Å². The van der Waals surface area contributed by atoms with Crippen molar-refractivity contribution in [2.24, 2.45) is 0 Å². The van der Waals surface area contributed by atoms with Gasteiger partial charge in [-0.3, -0.25) is 0 Å². The lowest BCUT2D eigenvalue weighted by molar-refractivity contribution is -0.146. The molecule has 0 amide bonds. The number of tetrazole rings is 1. The van der Waals surface area contributed by atoms with E-state index in [0.29, 0.717) is 35.8 Å². The van der Waals surface area contributed by atoms with Crippen molar-refractivity contribution in [1.82, 2.24) is 30.8 Å². The fraction of sp³-hybridized carbons (Fsp3) is 0.435. The SMILES string of the molecule is COCCOc1ccc(-n2nnnc2C(F)(F)F)cc1CNC1CCCNC1c1ccccc1. The van der Waals surface area contributed by atoms with Gasteiger partial charge in [0.25, 0.3) is 5.82 Å². The van der Waals surface area contributed by atoms with Crippen LogP contribution in [0.1, 0.15) is 35.8 Å². The van der Waals surface area contributed by atoms with Crippen LogP contribution in [0.2, 0.25) is 0 Å². The molecule has 3 aromatic rings. The Bertz CT molecular complexity index is 1060. The van der Waals surface area contributed by atoms with Crippen molar-refractivity contribution < 1.29 is 22.6 Å². The Morgan fingerprint density at radius 2 is 1.97 bits per heavy atom. The second kappa shape index (κ2) is 10.9. The zero-order valence-corrected chi connectivity index (χ0v) is 18.8. The predicted octanol–water partition coefficient (Wildman–Crippen LogP) is 3.29. The Hall–Kier alpha value is -3.02. The molecule has 0 radical (unpaired) electrons. The van der Waals surface area contributed by atoms with E-state index >= 15 is 0 Å². The van der Waals surface area contributed by atoms with Crippen LogP contribution in [0.5, 0.6) is 5.75 Å². The number of ether oxygens (including phenoxy) is 2. The Kier molecular flexibility index (Phi) is 7.76. The third kappa shape index (κ3) is 5.72. The molecule has 2 unspecified atom stereocenters. The number of nitrogens with one attached hydrogen (secondary N) is 2. The lowest BCUT2D eigenvalue weighted by Crippen LogP contribution is -2.45. The van der Waals surface area contributed by atoms with E-state index in [9.17, 15) is 13.2 Å². The maximum Gasteiger partial charge on any atom is 0.453 e. The van der Waals surface area contributed by atoms with Gasteiger partial charge in [0.2, 0.25) is 0 Å². The molecular weight excluding hydrogens is 449 g/mol. The first-order valence-corrected chi connectivity index (χ1v) is 11.1. The van der Waals surface area contributed by atoms with Gasteiger partial charge >= 0.3 is 6.18 Å². The Morgan fingerprint density at radius 3 is 2.74 bits per heavy atom. The summed E-state index contributed by atoms with van der Waals surface area (Å²) in [5.74, 6) is -0.616. The number of rotatable bonds is 9. The topological polar surface area (TPSA) is 86.1 Å². The van der Waals surface area contributed by atoms with E-state index in [0.717, 1.165) is 19.4 Å². The number of aromatic nitrogens is 4. The molecule has 1 aromatic heterocycles. The molecule has 11 heteroatoms. The summed E-state index contributed by atoms with van der Waals surface area (Å²) in [5, 5.41) is 17.0. The highest BCUT2D eigenvalue weighted by Crippen LogP contribution is 2.30. The summed E-state index contributed by atoms with van der Waals surface area (Å²) in [7, 11) is 1.57. The molecule has 0 bridgehead atoms. The number of benzene rings is 2. The number of piperidine rings is 1. The number of nitrogens with zero attached hydrogens (tertiary/aromatic N) is 4. The Morgan fingerprint density at radius 1 is 1.15 bits per heavy atom. The fourth-order valence-electron chi connectivity index (χ4n) is 4.11. The van der Waals surface area contributed by atoms with Crippen LogP contribution >= 0.6 is 0 Å². The van der Waals surface area contributed by atoms with E-state index in [4.69, 9.17) is 9.47 Å². The van der Waals surface area contributed by atoms with Crippen LogP contribution in [0.15, 0.2) is 48.5 Å². The Labute approximate surface area is 195 Å². The zero-order valence-electron chi connectivity index (χ0n) is 18.8. The molecule has 2 atom stereocenters. The van der Waals surface area contributed by atoms with Crippen LogP contribution in [0.25, 0.3) is 5.69 Å². The number of alkyl halides is 3. The monoisotopic (exact) mass is 476 g/mol. The molecule has 2 N–H and O–H groups in total. The molecule has 0 saturated carbocycles. The van der Waals surface area contributed by atoms with Gasteiger partial charge in [0.1, 0.15) is 12.4 Å². The fourth-order valence-corrected chi connectivity index (χ4v) is 4.11. The van der Waals surface area contributed by atoms with E-state index < -0.39 is 12.0 Å². The van der Waals surface area contributed by atoms with Gasteiger partial charge in [0.15, 0.2) is 0 Å². The minimum atomic E-state index is -4.67. The minimum absolute atomic E-state index is 0.132. The molecule has 34 heavy (non-hydrogen) atoms. The number of hydrogen-bond acceptors (Lipinski definition) is 7. The van der Waals surface area contributed by atoms with Crippen molar-refractivity contribution >= 4 is 0 Å². The minimum Gasteiger partial charge on any atom is -0.491 e. The molecule has 1 aliphatic rings. The van der Waals surface area contributed by atoms with Gasteiger partial charge in [-0.25, -0.2) is 0 Å². The van der Waals surface area contributed by atoms with Gasteiger partial charge in [-0.2, -0.15) is 17.9 Å². The first kappa shape index (κ1) is 24.1. The van der Waals surface area contributed by atoms with Crippen LogP contribution in [0.4, 0.5) is 13.2 Å². The van der Waals surface area contributed by atoms with Gasteiger partial charge in [0, 0.05) is 31.3 Å². The molecule has 2 heterocycles. The first-order valence-electron chi connectivity index (χ1n) is 11.1. The van der Waals surface area contributed by atoms with Crippen LogP contribution in [0.3, 0.4) is 0 Å². The van der Waals surface area contributed by atoms with E-state index in [2.05, 4.69) is 38.3 Å². The first-order chi connectivity index (χ1) is 16.5. The summed E-state index contributed by atoms with van der Waals surface area (Å²) < 4.78 is 51.6. The zero-order chi connectivity index (χ0) is 24.0. The average Bonchev–Trinajstić information content (AvgIpc) is 3.35. The van der Waals surface area contributed by atoms with Crippen molar-refractivity contribution in [2.45, 2.75) is 37.6 Å². The second-order valence-electron chi connectivity index (χ2n) is 8.02. The van der Waals surface area contributed by atoms with Crippen molar-refractivity contribution in [3.63, 3.8) is 0 Å². The van der Waals surface area contributed by atoms with E-state index in [1.54, 1.807) is 19.2 Å². The van der Waals surface area contributed by atoms with Gasteiger partial charge in [-0.1, -0.05) is 30.3 Å². The molecule has 1 saturated heterocycles. The standard InChI is InChI=1S/C23H27F3N6O2/c1-33-12-13-34-20-10-9-18(32-22(23(24,25)26)29-30-31-32)14-17(20)15-28-19-8-5-11-27-21(19)16-6-3-2-4-7-16/h2-4,6-7,9-10,14,19,21,27-28H,5,8,11-13,15H2,1H3. The average molecular weight is 477 g/mol. The molecule has 4 rings (SSSR count). The molecule has 0 aliphatic carbocycles. The van der Waals surface area contributed by atoms with Gasteiger partial charge in [-0.15, -0.1) is 5.10 Å². The summed E-state index contributed by atoms with van der Waals surface area (Å²) in [5.41, 5.74) is 2.10. The number of halogens is 3. The summed E-state index contributed by atoms with van der Waals surface area (Å²) in [6, 6.07) is 15.2. The van der Waals surface area contributed by atoms with Crippen LogP contribution in [-0.4, -0.2) is 53.1 Å². The largest absolute Gasteiger partial charge is 0.491 e. The maximum absolute atomic E-state index is 13.3. The molecule has 1 fully saturated rings. The highest BCUT2D eigenvalue weighted by molar-refractivity contribution is 5.44. The molecule has 1 aliphatic heterocycles. The third-order valence-electron chi connectivity index (χ3n) is 5.73. The summed E-state index contributed by atoms with van der Waals surface area (Å²) in [4.78, 5) is 0. The van der Waals surface area contributed by atoms with Crippen LogP contribution < -0.4 is 15.4 Å². The van der Waals surface area contributed by atoms with Gasteiger partial charge in [-0.05, 0) is 53.6 Å². The van der Waals surface area contributed by atoms with Gasteiger partial charge < -0.3 is 20.1 Å². The van der Waals surface area contributed by atoms with Crippen molar-refractivity contribution in [3.8, 4) is 11.4 Å². The lowest BCUT2D eigenvalue weighted by Gasteiger charge is -2.34. The lowest BCUT2D eigenvalue weighted by atomic mass is 9.92. The molecule has 182 valence electrons. The van der Waals surface area contributed by atoms with Crippen molar-refractivity contribution in [1.29, 1.82) is 0 Å². The Balaban J connectivity index is 1.58. The molecular formula is C23H27F3N6O2. The quantitative estimate of drug-likeness (QED) is 0.459. The molecule has 2 aromatic carbocycles. The second-order valence-corrected chi connectivity index (χ2v) is 8.02. The van der Waals surface area contributed by atoms with E-state index in [1.165, 1.54) is 11.6 Å². The normalized spacial score (nSPS) is 18.7. The highest BCUT2D eigenvalue weighted by Gasteiger charge is 2.38. The maximum atomic E-state index is 13.3. The van der Waals surface area contributed by atoms with Crippen LogP contribution in [-0.2, 0) is 17.5 Å².